The van der Waals surface area contributed by atoms with Gasteiger partial charge in [0.1, 0.15) is 11.9 Å². The van der Waals surface area contributed by atoms with Gasteiger partial charge in [0, 0.05) is 11.1 Å². The number of benzene rings is 1. The Bertz CT molecular complexity index is 657. The Morgan fingerprint density at radius 2 is 1.74 bits per heavy atom. The summed E-state index contributed by atoms with van der Waals surface area (Å²) in [6.07, 6.45) is 11.4. The summed E-state index contributed by atoms with van der Waals surface area (Å²) < 4.78 is 19.8. The number of epoxide rings is 1. The van der Waals surface area contributed by atoms with Gasteiger partial charge in [0.2, 0.25) is 0 Å². The quantitative estimate of drug-likeness (QED) is 0.575. The maximum atomic E-state index is 14.6. The fourth-order valence-electron chi connectivity index (χ4n) is 5.62. The lowest BCUT2D eigenvalue weighted by atomic mass is 9.66. The van der Waals surface area contributed by atoms with Crippen LogP contribution in [0.5, 0.6) is 0 Å². The van der Waals surface area contributed by atoms with E-state index in [1.165, 1.54) is 38.5 Å². The van der Waals surface area contributed by atoms with Crippen LogP contribution in [0.4, 0.5) is 4.39 Å². The Labute approximate surface area is 167 Å². The van der Waals surface area contributed by atoms with Crippen molar-refractivity contribution < 1.29 is 14.2 Å². The van der Waals surface area contributed by atoms with Crippen LogP contribution < -0.4 is 0 Å². The third-order valence-corrected chi connectivity index (χ3v) is 7.78. The molecule has 0 aromatic heterocycles. The minimum absolute atomic E-state index is 0.0871. The van der Waals surface area contributed by atoms with Crippen LogP contribution >= 0.6 is 11.6 Å². The summed E-state index contributed by atoms with van der Waals surface area (Å²) in [5, 5.41) is 11.3. The van der Waals surface area contributed by atoms with Gasteiger partial charge < -0.3 is 9.84 Å². The van der Waals surface area contributed by atoms with Crippen molar-refractivity contribution in [2.75, 3.05) is 6.61 Å². The molecule has 4 heteroatoms. The van der Waals surface area contributed by atoms with Gasteiger partial charge in [-0.1, -0.05) is 56.3 Å². The number of halogens is 2. The highest BCUT2D eigenvalue weighted by molar-refractivity contribution is 6.31. The van der Waals surface area contributed by atoms with Gasteiger partial charge in [0.15, 0.2) is 0 Å². The van der Waals surface area contributed by atoms with Crippen molar-refractivity contribution in [2.24, 2.45) is 17.8 Å². The molecule has 1 unspecified atom stereocenters. The Balaban J connectivity index is 1.39. The van der Waals surface area contributed by atoms with E-state index < -0.39 is 11.4 Å². The van der Waals surface area contributed by atoms with Crippen LogP contribution in [0.25, 0.3) is 0 Å². The molecule has 0 radical (unpaired) electrons. The minimum atomic E-state index is -0.989. The number of hydrogen-bond donors (Lipinski definition) is 1. The second kappa shape index (κ2) is 8.00. The van der Waals surface area contributed by atoms with Crippen molar-refractivity contribution in [1.29, 1.82) is 0 Å². The zero-order valence-corrected chi connectivity index (χ0v) is 17.1. The molecule has 0 amide bonds. The summed E-state index contributed by atoms with van der Waals surface area (Å²) in [7, 11) is 0. The van der Waals surface area contributed by atoms with Gasteiger partial charge in [-0.2, -0.15) is 0 Å². The van der Waals surface area contributed by atoms with Gasteiger partial charge in [-0.05, 0) is 56.3 Å². The predicted octanol–water partition coefficient (Wildman–Crippen LogP) is 6.53. The largest absolute Gasteiger partial charge is 0.385 e. The van der Waals surface area contributed by atoms with Crippen molar-refractivity contribution in [3.05, 3.63) is 34.1 Å². The van der Waals surface area contributed by atoms with Crippen molar-refractivity contribution in [2.45, 2.75) is 82.8 Å². The molecule has 0 spiro atoms. The molecule has 4 rings (SSSR count). The monoisotopic (exact) mass is 394 g/mol. The molecule has 0 bridgehead atoms. The first kappa shape index (κ1) is 19.7. The molecule has 1 aromatic rings. The predicted molar refractivity (Wildman–Crippen MR) is 106 cm³/mol. The average molecular weight is 395 g/mol. The van der Waals surface area contributed by atoms with Gasteiger partial charge >= 0.3 is 0 Å². The molecule has 27 heavy (non-hydrogen) atoms. The molecule has 1 aromatic carbocycles. The Morgan fingerprint density at radius 1 is 1.11 bits per heavy atom. The van der Waals surface area contributed by atoms with E-state index in [1.54, 1.807) is 6.07 Å². The van der Waals surface area contributed by atoms with E-state index in [0.717, 1.165) is 24.7 Å². The summed E-state index contributed by atoms with van der Waals surface area (Å²) >= 11 is 6.33. The second-order valence-electron chi connectivity index (χ2n) is 9.09. The molecular weight excluding hydrogens is 363 g/mol. The van der Waals surface area contributed by atoms with Crippen molar-refractivity contribution in [1.82, 2.24) is 0 Å². The SMILES string of the molecule is CCCC1CCC(C2CCC(O)(c3ccc(C4CO4)c(F)c3Cl)CC2)CC1. The lowest BCUT2D eigenvalue weighted by molar-refractivity contribution is -0.0262. The maximum absolute atomic E-state index is 14.6. The van der Waals surface area contributed by atoms with Crippen molar-refractivity contribution in [3.8, 4) is 0 Å². The summed E-state index contributed by atoms with van der Waals surface area (Å²) in [6, 6.07) is 3.56. The Morgan fingerprint density at radius 3 is 2.33 bits per heavy atom. The fraction of sp³-hybridized carbons (Fsp3) is 0.739. The fourth-order valence-corrected chi connectivity index (χ4v) is 5.96. The van der Waals surface area contributed by atoms with Gasteiger partial charge in [-0.15, -0.1) is 0 Å². The molecule has 2 aliphatic carbocycles. The number of aliphatic hydroxyl groups is 1. The lowest BCUT2D eigenvalue weighted by Crippen LogP contribution is -2.35. The highest BCUT2D eigenvalue weighted by atomic mass is 35.5. The lowest BCUT2D eigenvalue weighted by Gasteiger charge is -2.41. The normalized spacial score (nSPS) is 36.6. The molecule has 1 atom stereocenters. The maximum Gasteiger partial charge on any atom is 0.148 e. The first-order chi connectivity index (χ1) is 13.0. The zero-order valence-electron chi connectivity index (χ0n) is 16.4. The van der Waals surface area contributed by atoms with Crippen LogP contribution in [0, 0.1) is 23.6 Å². The molecule has 2 nitrogen and oxygen atoms in total. The third-order valence-electron chi connectivity index (χ3n) is 7.41. The van der Waals surface area contributed by atoms with E-state index in [4.69, 9.17) is 16.3 Å². The molecule has 1 aliphatic heterocycles. The molecule has 150 valence electrons. The van der Waals surface area contributed by atoms with Crippen LogP contribution in [0.2, 0.25) is 5.02 Å². The van der Waals surface area contributed by atoms with Gasteiger partial charge in [0.25, 0.3) is 0 Å². The van der Waals surface area contributed by atoms with Crippen LogP contribution in [0.1, 0.15) is 88.4 Å². The molecule has 3 aliphatic rings. The smallest absolute Gasteiger partial charge is 0.148 e. The van der Waals surface area contributed by atoms with E-state index in [9.17, 15) is 9.50 Å². The van der Waals surface area contributed by atoms with Gasteiger partial charge in [-0.25, -0.2) is 4.39 Å². The van der Waals surface area contributed by atoms with E-state index in [1.807, 2.05) is 6.07 Å². The van der Waals surface area contributed by atoms with E-state index in [2.05, 4.69) is 6.92 Å². The average Bonchev–Trinajstić information content (AvgIpc) is 3.50. The van der Waals surface area contributed by atoms with E-state index >= 15 is 0 Å². The van der Waals surface area contributed by atoms with Crippen molar-refractivity contribution >= 4 is 11.6 Å². The molecule has 2 saturated carbocycles. The van der Waals surface area contributed by atoms with Gasteiger partial charge in [-0.3, -0.25) is 0 Å². The zero-order chi connectivity index (χ0) is 19.0. The second-order valence-corrected chi connectivity index (χ2v) is 9.47. The van der Waals surface area contributed by atoms with Crippen LogP contribution in [0.3, 0.4) is 0 Å². The minimum Gasteiger partial charge on any atom is -0.385 e. The van der Waals surface area contributed by atoms with Crippen LogP contribution in [-0.4, -0.2) is 11.7 Å². The summed E-state index contributed by atoms with van der Waals surface area (Å²) in [4.78, 5) is 0. The molecule has 1 saturated heterocycles. The topological polar surface area (TPSA) is 32.8 Å². The summed E-state index contributed by atoms with van der Waals surface area (Å²) in [5.41, 5.74) is 0.0950. The molecule has 1 N–H and O–H groups in total. The van der Waals surface area contributed by atoms with Crippen molar-refractivity contribution in [3.63, 3.8) is 0 Å². The number of ether oxygens (including phenoxy) is 1. The first-order valence-electron chi connectivity index (χ1n) is 10.8. The van der Waals surface area contributed by atoms with E-state index in [0.29, 0.717) is 36.5 Å². The molecule has 3 fully saturated rings. The number of rotatable bonds is 5. The number of hydrogen-bond acceptors (Lipinski definition) is 2. The molecule has 1 heterocycles. The third kappa shape index (κ3) is 4.06. The first-order valence-corrected chi connectivity index (χ1v) is 11.2. The highest BCUT2D eigenvalue weighted by Gasteiger charge is 2.40. The van der Waals surface area contributed by atoms with E-state index in [-0.39, 0.29) is 11.1 Å². The van der Waals surface area contributed by atoms with Gasteiger partial charge in [0.05, 0.1) is 17.2 Å². The standard InChI is InChI=1S/C23H32ClFO2/c1-2-3-15-4-6-16(7-5-15)17-10-12-23(26,13-11-17)19-9-8-18(20-14-27-20)22(25)21(19)24/h8-9,15-17,20,26H,2-7,10-14H2,1H3. The highest BCUT2D eigenvalue weighted by Crippen LogP contribution is 2.48. The summed E-state index contributed by atoms with van der Waals surface area (Å²) in [5.74, 6) is 2.03. The van der Waals surface area contributed by atoms with Crippen LogP contribution in [0.15, 0.2) is 12.1 Å². The summed E-state index contributed by atoms with van der Waals surface area (Å²) in [6.45, 7) is 2.84. The Kier molecular flexibility index (Phi) is 5.83. The van der Waals surface area contributed by atoms with Crippen LogP contribution in [-0.2, 0) is 10.3 Å². The Hall–Kier alpha value is -0.640. The molecular formula is C23H32ClFO2.